The maximum atomic E-state index is 11.3. The molecular formula is C8H15NO5S2. The summed E-state index contributed by atoms with van der Waals surface area (Å²) in [5, 5.41) is 9.64. The topological polar surface area (TPSA) is 91.8 Å². The predicted molar refractivity (Wildman–Crippen MR) is 58.7 cm³/mol. The molecule has 0 bridgehead atoms. The van der Waals surface area contributed by atoms with Crippen LogP contribution in [0.2, 0.25) is 0 Å². The van der Waals surface area contributed by atoms with Crippen molar-refractivity contribution in [1.82, 2.24) is 4.90 Å². The number of hydrogen-bond acceptors (Lipinski definition) is 6. The van der Waals surface area contributed by atoms with Crippen LogP contribution in [0.4, 0.5) is 0 Å². The van der Waals surface area contributed by atoms with Gasteiger partial charge in [-0.25, -0.2) is 16.8 Å². The van der Waals surface area contributed by atoms with Gasteiger partial charge in [-0.15, -0.1) is 0 Å². The van der Waals surface area contributed by atoms with Crippen molar-refractivity contribution in [3.05, 3.63) is 0 Å². The minimum atomic E-state index is -3.16. The van der Waals surface area contributed by atoms with Crippen LogP contribution < -0.4 is 0 Å². The van der Waals surface area contributed by atoms with Crippen LogP contribution >= 0.6 is 0 Å². The number of aliphatic hydroxyl groups is 1. The van der Waals surface area contributed by atoms with E-state index in [0.717, 1.165) is 0 Å². The molecule has 2 heterocycles. The second kappa shape index (κ2) is 3.94. The molecule has 1 N–H and O–H groups in total. The third kappa shape index (κ3) is 2.55. The van der Waals surface area contributed by atoms with Gasteiger partial charge >= 0.3 is 0 Å². The van der Waals surface area contributed by atoms with Gasteiger partial charge in [0.05, 0.1) is 35.2 Å². The average Bonchev–Trinajstić information content (AvgIpc) is 2.40. The van der Waals surface area contributed by atoms with Crippen molar-refractivity contribution in [3.8, 4) is 0 Å². The van der Waals surface area contributed by atoms with Crippen LogP contribution in [0.3, 0.4) is 0 Å². The lowest BCUT2D eigenvalue weighted by Crippen LogP contribution is -2.50. The van der Waals surface area contributed by atoms with Gasteiger partial charge in [0.15, 0.2) is 19.7 Å². The molecule has 8 heteroatoms. The highest BCUT2D eigenvalue weighted by Gasteiger charge is 2.41. The van der Waals surface area contributed by atoms with E-state index in [4.69, 9.17) is 0 Å². The van der Waals surface area contributed by atoms with Gasteiger partial charge in [0.1, 0.15) is 0 Å². The minimum absolute atomic E-state index is 0.0519. The maximum Gasteiger partial charge on any atom is 0.154 e. The Labute approximate surface area is 95.1 Å². The van der Waals surface area contributed by atoms with E-state index in [1.54, 1.807) is 4.90 Å². The molecule has 0 amide bonds. The molecule has 0 saturated carbocycles. The van der Waals surface area contributed by atoms with Gasteiger partial charge in [0, 0.05) is 13.1 Å². The molecule has 2 unspecified atom stereocenters. The molecule has 2 atom stereocenters. The van der Waals surface area contributed by atoms with Crippen molar-refractivity contribution >= 4 is 19.7 Å². The standard InChI is InChI=1S/C8H15NO5S2/c10-8-6-16(13,14)5-7(8)9-1-3-15(11,12)4-2-9/h7-8,10H,1-6H2. The molecule has 0 radical (unpaired) electrons. The van der Waals surface area contributed by atoms with E-state index in [1.807, 2.05) is 0 Å². The summed E-state index contributed by atoms with van der Waals surface area (Å²) in [6, 6.07) is -0.430. The molecule has 2 rings (SSSR count). The van der Waals surface area contributed by atoms with Crippen molar-refractivity contribution in [1.29, 1.82) is 0 Å². The summed E-state index contributed by atoms with van der Waals surface area (Å²) in [6.45, 7) is 0.638. The Hall–Kier alpha value is -0.180. The van der Waals surface area contributed by atoms with E-state index in [-0.39, 0.29) is 23.0 Å². The Morgan fingerprint density at radius 3 is 1.94 bits per heavy atom. The lowest BCUT2D eigenvalue weighted by atomic mass is 10.2. The van der Waals surface area contributed by atoms with Crippen LogP contribution in [0.25, 0.3) is 0 Å². The van der Waals surface area contributed by atoms with Crippen molar-refractivity contribution in [2.45, 2.75) is 12.1 Å². The minimum Gasteiger partial charge on any atom is -0.390 e. The first kappa shape index (κ1) is 12.3. The zero-order valence-corrected chi connectivity index (χ0v) is 10.4. The van der Waals surface area contributed by atoms with Gasteiger partial charge in [-0.3, -0.25) is 4.90 Å². The van der Waals surface area contributed by atoms with Gasteiger partial charge in [-0.2, -0.15) is 0 Å². The molecule has 0 aliphatic carbocycles. The highest BCUT2D eigenvalue weighted by molar-refractivity contribution is 7.92. The van der Waals surface area contributed by atoms with Crippen LogP contribution in [-0.4, -0.2) is 75.1 Å². The molecule has 0 aromatic rings. The molecule has 2 fully saturated rings. The summed E-state index contributed by atoms with van der Waals surface area (Å²) in [4.78, 5) is 1.77. The van der Waals surface area contributed by atoms with Gasteiger partial charge in [0.2, 0.25) is 0 Å². The normalized spacial score (nSPS) is 38.6. The van der Waals surface area contributed by atoms with Crippen molar-refractivity contribution in [3.63, 3.8) is 0 Å². The molecule has 2 aliphatic heterocycles. The molecule has 94 valence electrons. The molecule has 6 nitrogen and oxygen atoms in total. The summed E-state index contributed by atoms with van der Waals surface area (Å²) >= 11 is 0. The fourth-order valence-corrected chi connectivity index (χ4v) is 5.28. The predicted octanol–water partition coefficient (Wildman–Crippen LogP) is -2.13. The van der Waals surface area contributed by atoms with E-state index in [1.165, 1.54) is 0 Å². The van der Waals surface area contributed by atoms with Crippen molar-refractivity contribution in [2.75, 3.05) is 36.1 Å². The van der Waals surface area contributed by atoms with Crippen LogP contribution in [-0.2, 0) is 19.7 Å². The SMILES string of the molecule is O=S1(=O)CCN(C2CS(=O)(=O)CC2O)CC1. The van der Waals surface area contributed by atoms with E-state index in [2.05, 4.69) is 0 Å². The first-order valence-electron chi connectivity index (χ1n) is 5.12. The molecular weight excluding hydrogens is 254 g/mol. The lowest BCUT2D eigenvalue weighted by molar-refractivity contribution is 0.0887. The molecule has 0 spiro atoms. The summed E-state index contributed by atoms with van der Waals surface area (Å²) in [6.07, 6.45) is -0.884. The van der Waals surface area contributed by atoms with Crippen LogP contribution in [0.5, 0.6) is 0 Å². The summed E-state index contributed by atoms with van der Waals surface area (Å²) in [5.41, 5.74) is 0. The Bertz CT molecular complexity index is 455. The second-order valence-electron chi connectivity index (χ2n) is 4.40. The van der Waals surface area contributed by atoms with Gasteiger partial charge < -0.3 is 5.11 Å². The maximum absolute atomic E-state index is 11.3. The zero-order valence-electron chi connectivity index (χ0n) is 8.74. The highest BCUT2D eigenvalue weighted by Crippen LogP contribution is 2.20. The quantitative estimate of drug-likeness (QED) is 0.585. The average molecular weight is 269 g/mol. The summed E-state index contributed by atoms with van der Waals surface area (Å²) in [5.74, 6) is -0.165. The lowest BCUT2D eigenvalue weighted by Gasteiger charge is -2.32. The molecule has 2 aliphatic rings. The second-order valence-corrected chi connectivity index (χ2v) is 8.86. The number of sulfone groups is 2. The van der Waals surface area contributed by atoms with E-state index in [9.17, 15) is 21.9 Å². The summed E-state index contributed by atoms with van der Waals surface area (Å²) < 4.78 is 45.1. The smallest absolute Gasteiger partial charge is 0.154 e. The van der Waals surface area contributed by atoms with Crippen molar-refractivity contribution < 1.29 is 21.9 Å². The largest absolute Gasteiger partial charge is 0.390 e. The Balaban J connectivity index is 2.05. The molecule has 0 aromatic heterocycles. The Kier molecular flexibility index (Phi) is 3.02. The van der Waals surface area contributed by atoms with Crippen molar-refractivity contribution in [2.24, 2.45) is 0 Å². The van der Waals surface area contributed by atoms with Crippen LogP contribution in [0.1, 0.15) is 0 Å². The number of hydrogen-bond donors (Lipinski definition) is 1. The summed E-state index contributed by atoms with van der Waals surface area (Å²) in [7, 11) is -6.13. The molecule has 2 saturated heterocycles. The molecule has 16 heavy (non-hydrogen) atoms. The molecule has 0 aromatic carbocycles. The van der Waals surface area contributed by atoms with Crippen LogP contribution in [0.15, 0.2) is 0 Å². The number of nitrogens with zero attached hydrogens (tertiary/aromatic N) is 1. The zero-order chi connectivity index (χ0) is 12.0. The fourth-order valence-electron chi connectivity index (χ4n) is 2.22. The van der Waals surface area contributed by atoms with Crippen LogP contribution in [0, 0.1) is 0 Å². The number of aliphatic hydroxyl groups excluding tert-OH is 1. The number of rotatable bonds is 1. The monoisotopic (exact) mass is 269 g/mol. The Morgan fingerprint density at radius 2 is 1.50 bits per heavy atom. The van der Waals surface area contributed by atoms with Gasteiger partial charge in [0.25, 0.3) is 0 Å². The van der Waals surface area contributed by atoms with E-state index in [0.29, 0.717) is 13.1 Å². The van der Waals surface area contributed by atoms with Gasteiger partial charge in [-0.1, -0.05) is 0 Å². The third-order valence-corrected chi connectivity index (χ3v) is 6.45. The fraction of sp³-hybridized carbons (Fsp3) is 1.00. The first-order chi connectivity index (χ1) is 7.29. The Morgan fingerprint density at radius 1 is 0.938 bits per heavy atom. The van der Waals surface area contributed by atoms with Gasteiger partial charge in [-0.05, 0) is 0 Å². The first-order valence-corrected chi connectivity index (χ1v) is 8.76. The van der Waals surface area contributed by atoms with E-state index < -0.39 is 31.8 Å². The third-order valence-electron chi connectivity index (χ3n) is 3.14. The highest BCUT2D eigenvalue weighted by atomic mass is 32.2. The van der Waals surface area contributed by atoms with E-state index >= 15 is 0 Å².